The summed E-state index contributed by atoms with van der Waals surface area (Å²) in [4.78, 5) is 14.0. The third-order valence-electron chi connectivity index (χ3n) is 3.96. The SMILES string of the molecule is COc1cc(C(=O)N(C)CC2(O)CCOCC2)ccc1C. The summed E-state index contributed by atoms with van der Waals surface area (Å²) < 4.78 is 10.5. The molecule has 1 fully saturated rings. The second-order valence-electron chi connectivity index (χ2n) is 5.68. The number of carbonyl (C=O) groups is 1. The van der Waals surface area contributed by atoms with Crippen molar-refractivity contribution in [2.45, 2.75) is 25.4 Å². The number of amides is 1. The third kappa shape index (κ3) is 3.74. The number of rotatable bonds is 4. The molecule has 5 heteroatoms. The van der Waals surface area contributed by atoms with E-state index in [1.165, 1.54) is 0 Å². The zero-order valence-electron chi connectivity index (χ0n) is 12.9. The first-order valence-corrected chi connectivity index (χ1v) is 7.15. The van der Waals surface area contributed by atoms with Crippen LogP contribution in [-0.4, -0.2) is 55.4 Å². The highest BCUT2D eigenvalue weighted by atomic mass is 16.5. The lowest BCUT2D eigenvalue weighted by atomic mass is 9.93. The lowest BCUT2D eigenvalue weighted by molar-refractivity contribution is -0.0734. The molecular formula is C16H23NO4. The molecule has 0 unspecified atom stereocenters. The number of hydrogen-bond acceptors (Lipinski definition) is 4. The van der Waals surface area contributed by atoms with Gasteiger partial charge in [0.15, 0.2) is 0 Å². The van der Waals surface area contributed by atoms with Gasteiger partial charge < -0.3 is 19.5 Å². The van der Waals surface area contributed by atoms with Gasteiger partial charge in [-0.1, -0.05) is 6.07 Å². The van der Waals surface area contributed by atoms with E-state index < -0.39 is 5.60 Å². The number of methoxy groups -OCH3 is 1. The largest absolute Gasteiger partial charge is 0.496 e. The van der Waals surface area contributed by atoms with Crippen LogP contribution in [0.5, 0.6) is 5.75 Å². The Hall–Kier alpha value is -1.59. The van der Waals surface area contributed by atoms with E-state index in [4.69, 9.17) is 9.47 Å². The van der Waals surface area contributed by atoms with Gasteiger partial charge in [-0.25, -0.2) is 0 Å². The molecule has 0 atom stereocenters. The Morgan fingerprint density at radius 1 is 1.43 bits per heavy atom. The highest BCUT2D eigenvalue weighted by Crippen LogP contribution is 2.23. The van der Waals surface area contributed by atoms with Crippen LogP contribution in [0.4, 0.5) is 0 Å². The summed E-state index contributed by atoms with van der Waals surface area (Å²) in [5.74, 6) is 0.576. The van der Waals surface area contributed by atoms with E-state index in [0.29, 0.717) is 43.9 Å². The molecule has 0 radical (unpaired) electrons. The molecule has 5 nitrogen and oxygen atoms in total. The van der Waals surface area contributed by atoms with Gasteiger partial charge in [-0.3, -0.25) is 4.79 Å². The molecule has 1 amide bonds. The van der Waals surface area contributed by atoms with E-state index in [0.717, 1.165) is 5.56 Å². The zero-order valence-corrected chi connectivity index (χ0v) is 12.9. The van der Waals surface area contributed by atoms with Gasteiger partial charge in [0.05, 0.1) is 12.7 Å². The molecule has 1 aliphatic rings. The van der Waals surface area contributed by atoms with Gasteiger partial charge >= 0.3 is 0 Å². The van der Waals surface area contributed by atoms with Crippen molar-refractivity contribution in [1.29, 1.82) is 0 Å². The second-order valence-corrected chi connectivity index (χ2v) is 5.68. The van der Waals surface area contributed by atoms with Crippen molar-refractivity contribution >= 4 is 5.91 Å². The van der Waals surface area contributed by atoms with Crippen LogP contribution < -0.4 is 4.74 Å². The molecule has 1 aliphatic heterocycles. The maximum Gasteiger partial charge on any atom is 0.253 e. The van der Waals surface area contributed by atoms with Crippen molar-refractivity contribution in [3.8, 4) is 5.75 Å². The molecule has 0 saturated carbocycles. The Labute approximate surface area is 125 Å². The van der Waals surface area contributed by atoms with Crippen molar-refractivity contribution < 1.29 is 19.4 Å². The molecule has 0 bridgehead atoms. The van der Waals surface area contributed by atoms with E-state index >= 15 is 0 Å². The average molecular weight is 293 g/mol. The molecule has 1 aromatic carbocycles. The summed E-state index contributed by atoms with van der Waals surface area (Å²) >= 11 is 0. The van der Waals surface area contributed by atoms with E-state index in [1.807, 2.05) is 13.0 Å². The molecule has 1 N–H and O–H groups in total. The number of hydrogen-bond donors (Lipinski definition) is 1. The van der Waals surface area contributed by atoms with Gasteiger partial charge in [0.25, 0.3) is 5.91 Å². The smallest absolute Gasteiger partial charge is 0.253 e. The summed E-state index contributed by atoms with van der Waals surface area (Å²) in [6.45, 7) is 3.32. The van der Waals surface area contributed by atoms with E-state index in [2.05, 4.69) is 0 Å². The topological polar surface area (TPSA) is 59.0 Å². The lowest BCUT2D eigenvalue weighted by Gasteiger charge is -2.35. The normalized spacial score (nSPS) is 17.3. The fourth-order valence-electron chi connectivity index (χ4n) is 2.60. The molecule has 2 rings (SSSR count). The van der Waals surface area contributed by atoms with Crippen LogP contribution in [0.25, 0.3) is 0 Å². The number of aliphatic hydroxyl groups is 1. The van der Waals surface area contributed by atoms with Crippen molar-refractivity contribution in [3.63, 3.8) is 0 Å². The first-order chi connectivity index (χ1) is 9.95. The molecule has 0 aromatic heterocycles. The quantitative estimate of drug-likeness (QED) is 0.916. The van der Waals surface area contributed by atoms with Crippen molar-refractivity contribution in [3.05, 3.63) is 29.3 Å². The molecular weight excluding hydrogens is 270 g/mol. The minimum atomic E-state index is -0.850. The van der Waals surface area contributed by atoms with Gasteiger partial charge in [-0.2, -0.15) is 0 Å². The summed E-state index contributed by atoms with van der Waals surface area (Å²) in [5.41, 5.74) is 0.702. The van der Waals surface area contributed by atoms with Gasteiger partial charge in [0, 0.05) is 45.2 Å². The van der Waals surface area contributed by atoms with Crippen molar-refractivity contribution in [2.75, 3.05) is 33.9 Å². The van der Waals surface area contributed by atoms with Crippen molar-refractivity contribution in [2.24, 2.45) is 0 Å². The molecule has 0 aliphatic carbocycles. The minimum absolute atomic E-state index is 0.117. The number of aryl methyl sites for hydroxylation is 1. The molecule has 21 heavy (non-hydrogen) atoms. The van der Waals surface area contributed by atoms with Crippen LogP contribution in [0.1, 0.15) is 28.8 Å². The Kier molecular flexibility index (Phi) is 4.85. The maximum atomic E-state index is 12.5. The number of benzene rings is 1. The molecule has 1 heterocycles. The van der Waals surface area contributed by atoms with Crippen LogP contribution in [0, 0.1) is 6.92 Å². The van der Waals surface area contributed by atoms with Gasteiger partial charge in [-0.05, 0) is 24.6 Å². The second kappa shape index (κ2) is 6.45. The molecule has 1 aromatic rings. The Morgan fingerprint density at radius 2 is 2.10 bits per heavy atom. The Morgan fingerprint density at radius 3 is 2.71 bits per heavy atom. The van der Waals surface area contributed by atoms with E-state index in [1.54, 1.807) is 31.2 Å². The standard InChI is InChI=1S/C16H23NO4/c1-12-4-5-13(10-14(12)20-3)15(18)17(2)11-16(19)6-8-21-9-7-16/h4-5,10,19H,6-9,11H2,1-3H3. The van der Waals surface area contributed by atoms with E-state index in [9.17, 15) is 9.90 Å². The van der Waals surface area contributed by atoms with Crippen molar-refractivity contribution in [1.82, 2.24) is 4.90 Å². The fraction of sp³-hybridized carbons (Fsp3) is 0.562. The van der Waals surface area contributed by atoms with Crippen LogP contribution in [-0.2, 0) is 4.74 Å². The predicted molar refractivity (Wildman–Crippen MR) is 79.7 cm³/mol. The number of nitrogens with zero attached hydrogens (tertiary/aromatic N) is 1. The Bertz CT molecular complexity index is 509. The molecule has 0 spiro atoms. The van der Waals surface area contributed by atoms with Crippen LogP contribution >= 0.6 is 0 Å². The van der Waals surface area contributed by atoms with Crippen LogP contribution in [0.3, 0.4) is 0 Å². The predicted octanol–water partition coefficient (Wildman–Crippen LogP) is 1.62. The third-order valence-corrected chi connectivity index (χ3v) is 3.96. The number of likely N-dealkylation sites (N-methyl/N-ethyl adjacent to an activating group) is 1. The summed E-state index contributed by atoms with van der Waals surface area (Å²) in [5, 5.41) is 10.5. The first kappa shape index (κ1) is 15.8. The van der Waals surface area contributed by atoms with E-state index in [-0.39, 0.29) is 5.91 Å². The lowest BCUT2D eigenvalue weighted by Crippen LogP contribution is -2.47. The van der Waals surface area contributed by atoms with Gasteiger partial charge in [0.2, 0.25) is 0 Å². The first-order valence-electron chi connectivity index (χ1n) is 7.15. The Balaban J connectivity index is 2.08. The number of carbonyl (C=O) groups excluding carboxylic acids is 1. The highest BCUT2D eigenvalue weighted by molar-refractivity contribution is 5.94. The maximum absolute atomic E-state index is 12.5. The average Bonchev–Trinajstić information content (AvgIpc) is 2.47. The monoisotopic (exact) mass is 293 g/mol. The van der Waals surface area contributed by atoms with Crippen LogP contribution in [0.15, 0.2) is 18.2 Å². The zero-order chi connectivity index (χ0) is 15.5. The molecule has 116 valence electrons. The summed E-state index contributed by atoms with van der Waals surface area (Å²) in [6, 6.07) is 5.38. The fourth-order valence-corrected chi connectivity index (χ4v) is 2.60. The summed E-state index contributed by atoms with van der Waals surface area (Å²) in [6.07, 6.45) is 1.11. The summed E-state index contributed by atoms with van der Waals surface area (Å²) in [7, 11) is 3.30. The highest BCUT2D eigenvalue weighted by Gasteiger charge is 2.32. The van der Waals surface area contributed by atoms with Gasteiger partial charge in [-0.15, -0.1) is 0 Å². The van der Waals surface area contributed by atoms with Gasteiger partial charge in [0.1, 0.15) is 5.75 Å². The minimum Gasteiger partial charge on any atom is -0.496 e. The molecule has 1 saturated heterocycles. The van der Waals surface area contributed by atoms with Crippen LogP contribution in [0.2, 0.25) is 0 Å². The number of ether oxygens (including phenoxy) is 2.